The van der Waals surface area contributed by atoms with Crippen LogP contribution < -0.4 is 10.1 Å². The topological polar surface area (TPSA) is 80.2 Å². The van der Waals surface area contributed by atoms with E-state index in [1.807, 2.05) is 10.3 Å². The number of carbonyl (C=O) groups excluding carboxylic acids is 1. The highest BCUT2D eigenvalue weighted by Crippen LogP contribution is 2.38. The summed E-state index contributed by atoms with van der Waals surface area (Å²) in [5, 5.41) is 5.45. The van der Waals surface area contributed by atoms with Gasteiger partial charge >= 0.3 is 6.18 Å². The minimum absolute atomic E-state index is 0. The molecule has 1 unspecified atom stereocenters. The number of halogens is 5. The molecule has 0 aliphatic carbocycles. The van der Waals surface area contributed by atoms with E-state index in [4.69, 9.17) is 4.74 Å². The molecule has 4 heterocycles. The van der Waals surface area contributed by atoms with Gasteiger partial charge in [0.25, 0.3) is 0 Å². The zero-order valence-corrected chi connectivity index (χ0v) is 22.0. The molecule has 0 saturated carbocycles. The van der Waals surface area contributed by atoms with Crippen molar-refractivity contribution in [3.05, 3.63) is 52.9 Å². The minimum atomic E-state index is -4.56. The first-order chi connectivity index (χ1) is 16.2. The average molecular weight is 564 g/mol. The highest BCUT2D eigenvalue weighted by Gasteiger charge is 2.32. The molecule has 1 fully saturated rings. The van der Waals surface area contributed by atoms with Gasteiger partial charge in [-0.05, 0) is 44.4 Å². The number of pyridine rings is 2. The molecule has 1 N–H and O–H groups in total. The van der Waals surface area contributed by atoms with Crippen molar-refractivity contribution in [1.82, 2.24) is 19.9 Å². The van der Waals surface area contributed by atoms with E-state index in [1.54, 1.807) is 32.2 Å². The van der Waals surface area contributed by atoms with Crippen LogP contribution in [0.25, 0.3) is 0 Å². The Morgan fingerprint density at radius 3 is 2.67 bits per heavy atom. The summed E-state index contributed by atoms with van der Waals surface area (Å²) in [6, 6.07) is 4.19. The molecule has 1 aliphatic heterocycles. The number of carbonyl (C=O) groups is 1. The third-order valence-corrected chi connectivity index (χ3v) is 6.47. The number of aromatic nitrogens is 3. The van der Waals surface area contributed by atoms with Gasteiger partial charge < -0.3 is 15.0 Å². The van der Waals surface area contributed by atoms with Gasteiger partial charge in [-0.1, -0.05) is 0 Å². The lowest BCUT2D eigenvalue weighted by Crippen LogP contribution is -2.29. The predicted molar refractivity (Wildman–Crippen MR) is 137 cm³/mol. The van der Waals surface area contributed by atoms with Crippen molar-refractivity contribution in [2.45, 2.75) is 45.2 Å². The van der Waals surface area contributed by atoms with E-state index in [9.17, 15) is 18.0 Å². The summed E-state index contributed by atoms with van der Waals surface area (Å²) in [5.74, 6) is 0.673. The highest BCUT2D eigenvalue weighted by atomic mass is 35.5. The van der Waals surface area contributed by atoms with Gasteiger partial charge in [0.15, 0.2) is 16.7 Å². The van der Waals surface area contributed by atoms with Crippen LogP contribution in [-0.2, 0) is 11.0 Å². The molecule has 7 nitrogen and oxygen atoms in total. The normalized spacial score (nSPS) is 15.8. The first kappa shape index (κ1) is 29.6. The van der Waals surface area contributed by atoms with Crippen molar-refractivity contribution in [3.8, 4) is 11.5 Å². The van der Waals surface area contributed by atoms with Crippen LogP contribution in [0.3, 0.4) is 0 Å². The lowest BCUT2D eigenvalue weighted by Gasteiger charge is -2.18. The number of nitrogens with one attached hydrogen (secondary N) is 1. The maximum atomic E-state index is 13.3. The number of anilines is 2. The molecule has 1 atom stereocenters. The molecule has 3 aromatic heterocycles. The monoisotopic (exact) mass is 563 g/mol. The van der Waals surface area contributed by atoms with Gasteiger partial charge in [-0.15, -0.1) is 36.2 Å². The Hall–Kier alpha value is -2.63. The summed E-state index contributed by atoms with van der Waals surface area (Å²) in [6.45, 7) is 4.71. The molecule has 36 heavy (non-hydrogen) atoms. The first-order valence-electron chi connectivity index (χ1n) is 10.9. The Bertz CT molecular complexity index is 1180. The van der Waals surface area contributed by atoms with Crippen molar-refractivity contribution < 1.29 is 22.7 Å². The Labute approximate surface area is 223 Å². The number of amides is 1. The van der Waals surface area contributed by atoms with Crippen LogP contribution in [0.4, 0.5) is 24.1 Å². The molecular formula is C23H26Cl2F3N5O2S. The largest absolute Gasteiger partial charge is 0.452 e. The van der Waals surface area contributed by atoms with Gasteiger partial charge in [-0.2, -0.15) is 13.2 Å². The van der Waals surface area contributed by atoms with Crippen molar-refractivity contribution >= 4 is 53.0 Å². The van der Waals surface area contributed by atoms with Crippen LogP contribution in [0, 0.1) is 6.92 Å². The first-order valence-corrected chi connectivity index (χ1v) is 11.7. The molecule has 0 spiro atoms. The van der Waals surface area contributed by atoms with Crippen LogP contribution in [0.5, 0.6) is 11.5 Å². The quantitative estimate of drug-likeness (QED) is 0.369. The third-order valence-electron chi connectivity index (χ3n) is 5.70. The summed E-state index contributed by atoms with van der Waals surface area (Å²) in [5.41, 5.74) is 0.522. The van der Waals surface area contributed by atoms with E-state index in [0.29, 0.717) is 23.1 Å². The van der Waals surface area contributed by atoms with Gasteiger partial charge in [0.1, 0.15) is 5.75 Å². The predicted octanol–water partition coefficient (Wildman–Crippen LogP) is 6.76. The molecule has 0 bridgehead atoms. The Balaban J connectivity index is 0.00000228. The average Bonchev–Trinajstić information content (AvgIpc) is 3.10. The maximum Gasteiger partial charge on any atom is 0.418 e. The van der Waals surface area contributed by atoms with Crippen molar-refractivity contribution in [1.29, 1.82) is 0 Å². The molecule has 0 radical (unpaired) electrons. The Morgan fingerprint density at radius 1 is 1.19 bits per heavy atom. The van der Waals surface area contributed by atoms with Gasteiger partial charge in [-0.25, -0.2) is 9.97 Å². The molecular weight excluding hydrogens is 538 g/mol. The summed E-state index contributed by atoms with van der Waals surface area (Å²) in [6.07, 6.45) is 0.409. The van der Waals surface area contributed by atoms with Crippen molar-refractivity contribution in [3.63, 3.8) is 0 Å². The molecule has 196 valence electrons. The number of thiazole rings is 1. The van der Waals surface area contributed by atoms with Gasteiger partial charge in [0.2, 0.25) is 5.91 Å². The number of ether oxygens (including phenoxy) is 1. The Kier molecular flexibility index (Phi) is 10.3. The molecule has 3 aromatic rings. The van der Waals surface area contributed by atoms with Gasteiger partial charge in [0.05, 0.1) is 17.0 Å². The van der Waals surface area contributed by atoms with Crippen molar-refractivity contribution in [2.75, 3.05) is 18.4 Å². The van der Waals surface area contributed by atoms with E-state index >= 15 is 0 Å². The minimum Gasteiger partial charge on any atom is -0.452 e. The van der Waals surface area contributed by atoms with Crippen LogP contribution in [0.15, 0.2) is 36.0 Å². The third kappa shape index (κ3) is 7.21. The number of rotatable bonds is 5. The fraction of sp³-hybridized carbons (Fsp3) is 0.391. The second kappa shape index (κ2) is 12.6. The van der Waals surface area contributed by atoms with Gasteiger partial charge in [0, 0.05) is 43.7 Å². The van der Waals surface area contributed by atoms with Crippen LogP contribution in [0.2, 0.25) is 0 Å². The number of nitrogens with zero attached hydrogens (tertiary/aromatic N) is 4. The number of likely N-dealkylation sites (tertiary alicyclic amines) is 1. The van der Waals surface area contributed by atoms with Crippen LogP contribution >= 0.6 is 36.2 Å². The van der Waals surface area contributed by atoms with E-state index in [1.165, 1.54) is 11.3 Å². The van der Waals surface area contributed by atoms with Crippen LogP contribution in [0.1, 0.15) is 49.1 Å². The highest BCUT2D eigenvalue weighted by molar-refractivity contribution is 7.13. The standard InChI is InChI=1S/C23H24F3N5O2S.2ClH/c1-14-19(6-3-8-27-14)33-20-11-17(23(24,25)26)12-28-21(20)30-22-29-18(13-34-22)16-5-4-9-31(10-7-16)15(2)32;;/h3,6,8,11-13,16H,4-5,7,9-10H2,1-2H3,(H,28,29,30);2*1H. The van der Waals surface area contributed by atoms with Gasteiger partial charge in [-0.3, -0.25) is 9.78 Å². The molecule has 1 aliphatic rings. The fourth-order valence-electron chi connectivity index (χ4n) is 3.81. The fourth-order valence-corrected chi connectivity index (χ4v) is 4.60. The number of hydrogen-bond acceptors (Lipinski definition) is 7. The lowest BCUT2D eigenvalue weighted by atomic mass is 9.98. The number of hydrogen-bond donors (Lipinski definition) is 1. The lowest BCUT2D eigenvalue weighted by molar-refractivity contribution is -0.138. The zero-order chi connectivity index (χ0) is 24.3. The zero-order valence-electron chi connectivity index (χ0n) is 19.5. The van der Waals surface area contributed by atoms with Crippen LogP contribution in [-0.4, -0.2) is 38.8 Å². The molecule has 1 amide bonds. The smallest absolute Gasteiger partial charge is 0.418 e. The van der Waals surface area contributed by atoms with E-state index < -0.39 is 11.7 Å². The number of aryl methyl sites for hydroxylation is 1. The summed E-state index contributed by atoms with van der Waals surface area (Å²) < 4.78 is 45.7. The van der Waals surface area contributed by atoms with Crippen molar-refractivity contribution in [2.24, 2.45) is 0 Å². The molecule has 1 saturated heterocycles. The molecule has 13 heteroatoms. The second-order valence-electron chi connectivity index (χ2n) is 8.09. The summed E-state index contributed by atoms with van der Waals surface area (Å²) in [7, 11) is 0. The SMILES string of the molecule is CC(=O)N1CCCC(c2csc(Nc3ncc(C(F)(F)F)cc3Oc3cccnc3C)n2)CC1.Cl.Cl. The molecule has 4 rings (SSSR count). The summed E-state index contributed by atoms with van der Waals surface area (Å²) in [4.78, 5) is 26.3. The molecule has 0 aromatic carbocycles. The van der Waals surface area contributed by atoms with E-state index in [0.717, 1.165) is 43.8 Å². The second-order valence-corrected chi connectivity index (χ2v) is 8.95. The number of alkyl halides is 3. The Morgan fingerprint density at radius 2 is 1.97 bits per heavy atom. The summed E-state index contributed by atoms with van der Waals surface area (Å²) >= 11 is 1.35. The van der Waals surface area contributed by atoms with E-state index in [2.05, 4.69) is 20.3 Å². The van der Waals surface area contributed by atoms with E-state index in [-0.39, 0.29) is 48.2 Å². The maximum absolute atomic E-state index is 13.3.